The van der Waals surface area contributed by atoms with Crippen molar-refractivity contribution in [1.29, 1.82) is 0 Å². The molecule has 0 atom stereocenters. The molecule has 0 radical (unpaired) electrons. The maximum Gasteiger partial charge on any atom is 0.205 e. The average molecular weight is 319 g/mol. The SMILES string of the molecule is O=C(c1cc2sccc2s1)c1c[nH]c2nccc(Cl)c12. The zero-order valence-electron chi connectivity index (χ0n) is 10.0. The van der Waals surface area contributed by atoms with E-state index in [1.54, 1.807) is 29.8 Å². The highest BCUT2D eigenvalue weighted by atomic mass is 35.5. The van der Waals surface area contributed by atoms with Gasteiger partial charge in [0.15, 0.2) is 0 Å². The van der Waals surface area contributed by atoms with Crippen LogP contribution in [0, 0.1) is 0 Å². The number of fused-ring (bicyclic) bond motifs is 2. The van der Waals surface area contributed by atoms with Crippen molar-refractivity contribution in [2.75, 3.05) is 0 Å². The standard InChI is InChI=1S/C14H7ClN2OS2/c15-8-1-3-16-14-12(8)7(6-17-14)13(18)11-5-10-9(20-11)2-4-19-10/h1-6H,(H,16,17). The Balaban J connectivity index is 1.90. The number of rotatable bonds is 2. The van der Waals surface area contributed by atoms with Crippen molar-refractivity contribution in [3.05, 3.63) is 51.4 Å². The number of nitrogens with zero attached hydrogens (tertiary/aromatic N) is 1. The van der Waals surface area contributed by atoms with Gasteiger partial charge in [-0.25, -0.2) is 4.98 Å². The van der Waals surface area contributed by atoms with Gasteiger partial charge in [0.2, 0.25) is 5.78 Å². The number of thiophene rings is 2. The summed E-state index contributed by atoms with van der Waals surface area (Å²) in [6, 6.07) is 5.67. The number of H-pyrrole nitrogens is 1. The van der Waals surface area contributed by atoms with E-state index in [1.807, 2.05) is 17.5 Å². The number of hydrogen-bond acceptors (Lipinski definition) is 4. The van der Waals surface area contributed by atoms with Crippen LogP contribution in [-0.4, -0.2) is 15.8 Å². The second kappa shape index (κ2) is 4.41. The molecule has 98 valence electrons. The van der Waals surface area contributed by atoms with E-state index in [0.29, 0.717) is 21.6 Å². The van der Waals surface area contributed by atoms with E-state index >= 15 is 0 Å². The van der Waals surface area contributed by atoms with Gasteiger partial charge < -0.3 is 4.98 Å². The zero-order chi connectivity index (χ0) is 13.7. The van der Waals surface area contributed by atoms with Crippen molar-refractivity contribution in [1.82, 2.24) is 9.97 Å². The van der Waals surface area contributed by atoms with Gasteiger partial charge in [-0.3, -0.25) is 4.79 Å². The Hall–Kier alpha value is -1.69. The average Bonchev–Trinajstić information content (AvgIpc) is 3.11. The molecule has 0 unspecified atom stereocenters. The monoisotopic (exact) mass is 318 g/mol. The van der Waals surface area contributed by atoms with Crippen LogP contribution in [0.4, 0.5) is 0 Å². The third-order valence-corrected chi connectivity index (χ3v) is 5.54. The minimum Gasteiger partial charge on any atom is -0.345 e. The van der Waals surface area contributed by atoms with Gasteiger partial charge in [-0.2, -0.15) is 0 Å². The molecule has 6 heteroatoms. The predicted molar refractivity (Wildman–Crippen MR) is 84.2 cm³/mol. The molecule has 4 heterocycles. The number of hydrogen-bond donors (Lipinski definition) is 1. The largest absolute Gasteiger partial charge is 0.345 e. The summed E-state index contributed by atoms with van der Waals surface area (Å²) in [6.07, 6.45) is 3.30. The predicted octanol–water partition coefficient (Wildman–Crippen LogP) is 4.72. The van der Waals surface area contributed by atoms with Gasteiger partial charge in [0.1, 0.15) is 5.65 Å². The molecule has 0 aliphatic carbocycles. The molecule has 4 aromatic heterocycles. The lowest BCUT2D eigenvalue weighted by Gasteiger charge is -1.97. The minimum absolute atomic E-state index is 0.0143. The summed E-state index contributed by atoms with van der Waals surface area (Å²) in [7, 11) is 0. The first-order chi connectivity index (χ1) is 9.74. The highest BCUT2D eigenvalue weighted by molar-refractivity contribution is 7.28. The first-order valence-electron chi connectivity index (χ1n) is 5.87. The van der Waals surface area contributed by atoms with E-state index in [1.165, 1.54) is 11.3 Å². The molecular formula is C14H7ClN2OS2. The van der Waals surface area contributed by atoms with Crippen LogP contribution in [-0.2, 0) is 0 Å². The molecule has 20 heavy (non-hydrogen) atoms. The molecule has 3 nitrogen and oxygen atoms in total. The van der Waals surface area contributed by atoms with Gasteiger partial charge in [-0.05, 0) is 23.6 Å². The summed E-state index contributed by atoms with van der Waals surface area (Å²) in [4.78, 5) is 20.6. The first-order valence-corrected chi connectivity index (χ1v) is 7.95. The lowest BCUT2D eigenvalue weighted by molar-refractivity contribution is 0.104. The number of halogens is 1. The Bertz CT molecular complexity index is 922. The number of aromatic amines is 1. The van der Waals surface area contributed by atoms with Crippen LogP contribution >= 0.6 is 34.3 Å². The van der Waals surface area contributed by atoms with Crippen LogP contribution in [0.5, 0.6) is 0 Å². The Morgan fingerprint density at radius 3 is 3.05 bits per heavy atom. The molecule has 0 bridgehead atoms. The van der Waals surface area contributed by atoms with Crippen molar-refractivity contribution < 1.29 is 4.79 Å². The summed E-state index contributed by atoms with van der Waals surface area (Å²) < 4.78 is 2.28. The number of aromatic nitrogens is 2. The summed E-state index contributed by atoms with van der Waals surface area (Å²) in [5.74, 6) is -0.0143. The van der Waals surface area contributed by atoms with Gasteiger partial charge in [0.25, 0.3) is 0 Å². The fourth-order valence-electron chi connectivity index (χ4n) is 2.21. The van der Waals surface area contributed by atoms with E-state index in [4.69, 9.17) is 11.6 Å². The number of carbonyl (C=O) groups is 1. The molecule has 0 aliphatic rings. The molecular weight excluding hydrogens is 312 g/mol. The number of carbonyl (C=O) groups excluding carboxylic acids is 1. The summed E-state index contributed by atoms with van der Waals surface area (Å²) in [5, 5.41) is 3.26. The zero-order valence-corrected chi connectivity index (χ0v) is 12.4. The third-order valence-electron chi connectivity index (χ3n) is 3.13. The van der Waals surface area contributed by atoms with Gasteiger partial charge in [0, 0.05) is 27.2 Å². The molecule has 1 N–H and O–H groups in total. The normalized spacial score (nSPS) is 11.4. The minimum atomic E-state index is -0.0143. The van der Waals surface area contributed by atoms with E-state index in [2.05, 4.69) is 9.97 Å². The van der Waals surface area contributed by atoms with Crippen LogP contribution in [0.25, 0.3) is 20.4 Å². The lowest BCUT2D eigenvalue weighted by atomic mass is 10.1. The van der Waals surface area contributed by atoms with Crippen LogP contribution in [0.15, 0.2) is 36.0 Å². The van der Waals surface area contributed by atoms with E-state index < -0.39 is 0 Å². The summed E-state index contributed by atoms with van der Waals surface area (Å²) in [6.45, 7) is 0. The van der Waals surface area contributed by atoms with Crippen molar-refractivity contribution in [3.8, 4) is 0 Å². The highest BCUT2D eigenvalue weighted by Crippen LogP contribution is 2.33. The van der Waals surface area contributed by atoms with Crippen LogP contribution in [0.1, 0.15) is 15.2 Å². The summed E-state index contributed by atoms with van der Waals surface area (Å²) in [5.41, 5.74) is 1.21. The van der Waals surface area contributed by atoms with E-state index in [9.17, 15) is 4.79 Å². The topological polar surface area (TPSA) is 45.8 Å². The maximum atomic E-state index is 12.6. The van der Waals surface area contributed by atoms with Crippen molar-refractivity contribution in [2.24, 2.45) is 0 Å². The molecule has 0 amide bonds. The van der Waals surface area contributed by atoms with Gasteiger partial charge in [0.05, 0.1) is 15.5 Å². The molecule has 0 fully saturated rings. The number of ketones is 1. The number of pyridine rings is 1. The van der Waals surface area contributed by atoms with Gasteiger partial charge >= 0.3 is 0 Å². The van der Waals surface area contributed by atoms with Gasteiger partial charge in [-0.1, -0.05) is 11.6 Å². The van der Waals surface area contributed by atoms with Crippen molar-refractivity contribution >= 4 is 60.5 Å². The quantitative estimate of drug-likeness (QED) is 0.543. The Morgan fingerprint density at radius 2 is 2.20 bits per heavy atom. The molecule has 0 saturated heterocycles. The van der Waals surface area contributed by atoms with E-state index in [-0.39, 0.29) is 5.78 Å². The second-order valence-electron chi connectivity index (χ2n) is 4.31. The van der Waals surface area contributed by atoms with Crippen LogP contribution in [0.2, 0.25) is 5.02 Å². The Morgan fingerprint density at radius 1 is 1.30 bits per heavy atom. The Kier molecular flexibility index (Phi) is 2.66. The molecule has 0 aromatic carbocycles. The molecule has 0 aliphatic heterocycles. The fraction of sp³-hybridized carbons (Fsp3) is 0. The first kappa shape index (κ1) is 12.1. The summed E-state index contributed by atoms with van der Waals surface area (Å²) >= 11 is 9.34. The fourth-order valence-corrected chi connectivity index (χ4v) is 4.52. The van der Waals surface area contributed by atoms with Gasteiger partial charge in [-0.15, -0.1) is 22.7 Å². The maximum absolute atomic E-state index is 12.6. The highest BCUT2D eigenvalue weighted by Gasteiger charge is 2.19. The van der Waals surface area contributed by atoms with Crippen molar-refractivity contribution in [2.45, 2.75) is 0 Å². The smallest absolute Gasteiger partial charge is 0.205 e. The third kappa shape index (κ3) is 1.71. The second-order valence-corrected chi connectivity index (χ2v) is 6.75. The molecule has 4 rings (SSSR count). The molecule has 0 spiro atoms. The van der Waals surface area contributed by atoms with Crippen LogP contribution in [0.3, 0.4) is 0 Å². The lowest BCUT2D eigenvalue weighted by Crippen LogP contribution is -1.97. The Labute approximate surface area is 126 Å². The van der Waals surface area contributed by atoms with E-state index in [0.717, 1.165) is 14.3 Å². The van der Waals surface area contributed by atoms with Crippen molar-refractivity contribution in [3.63, 3.8) is 0 Å². The van der Waals surface area contributed by atoms with Crippen LogP contribution < -0.4 is 0 Å². The molecule has 4 aromatic rings. The molecule has 0 saturated carbocycles. The number of nitrogens with one attached hydrogen (secondary N) is 1.